The third-order valence-electron chi connectivity index (χ3n) is 6.68. The van der Waals surface area contributed by atoms with Crippen molar-refractivity contribution in [3.63, 3.8) is 0 Å². The van der Waals surface area contributed by atoms with E-state index in [0.717, 1.165) is 28.3 Å². The van der Waals surface area contributed by atoms with Gasteiger partial charge in [0.15, 0.2) is 0 Å². The van der Waals surface area contributed by atoms with Crippen molar-refractivity contribution in [2.24, 2.45) is 4.40 Å². The second kappa shape index (κ2) is 15.5. The monoisotopic (exact) mass is 800 g/mol. The van der Waals surface area contributed by atoms with Gasteiger partial charge in [0.25, 0.3) is 10.0 Å². The van der Waals surface area contributed by atoms with Crippen molar-refractivity contribution >= 4 is 43.2 Å². The fraction of sp³-hybridized carbons (Fsp3) is 0. The van der Waals surface area contributed by atoms with Crippen molar-refractivity contribution in [3.05, 3.63) is 143 Å². The van der Waals surface area contributed by atoms with Crippen LogP contribution in [0, 0.1) is 0 Å². The van der Waals surface area contributed by atoms with Crippen molar-refractivity contribution in [1.82, 2.24) is 15.0 Å². The van der Waals surface area contributed by atoms with Gasteiger partial charge in [-0.3, -0.25) is 9.97 Å². The molecule has 16 heteroatoms. The summed E-state index contributed by atoms with van der Waals surface area (Å²) in [6.45, 7) is 0. The average molecular weight is 800 g/mol. The molecule has 2 aliphatic heterocycles. The molecule has 3 N–H and O–H groups in total. The molecule has 8 rings (SSSR count). The number of benzene rings is 2. The maximum absolute atomic E-state index is 11.1. The van der Waals surface area contributed by atoms with Gasteiger partial charge in [-0.1, -0.05) is 54.6 Å². The van der Waals surface area contributed by atoms with Crippen LogP contribution >= 0.6 is 11.3 Å². The normalized spacial score (nSPS) is 14.0. The molecule has 1 amide bonds. The summed E-state index contributed by atoms with van der Waals surface area (Å²) in [5.74, 6) is -1.35. The average Bonchev–Trinajstić information content (AvgIpc) is 3.78. The van der Waals surface area contributed by atoms with Crippen LogP contribution in [0.3, 0.4) is 0 Å². The number of rotatable bonds is 3. The number of thiophene rings is 1. The van der Waals surface area contributed by atoms with Crippen LogP contribution in [0.15, 0.2) is 141 Å². The molecule has 0 aliphatic carbocycles. The number of sulfonamides is 2. The maximum atomic E-state index is 11.1. The van der Waals surface area contributed by atoms with Gasteiger partial charge in [0, 0.05) is 34.3 Å². The standard InChI is InChI=1S/C19H13N3S.2C7H5NO3S.H2O.Ru/c1-3-9-20-15(6-1)17-12-14(19-8-5-11-23-19)13-18(22-17)16-7-2-4-10-21-16;2*9-7-5-3-1-2-4-6(5)12(10,11)8-7;;/h1-13H;2*1-4H,(H,8,9);1H2;/q;;;;+2/p-1. The summed E-state index contributed by atoms with van der Waals surface area (Å²) in [4.78, 5) is 25.8. The Bertz CT molecular complexity index is 2280. The van der Waals surface area contributed by atoms with E-state index in [0.29, 0.717) is 0 Å². The number of fused-ring (bicyclic) bond motifs is 2. The molecule has 0 radical (unpaired) electrons. The van der Waals surface area contributed by atoms with E-state index >= 15 is 0 Å². The van der Waals surface area contributed by atoms with E-state index in [1.165, 1.54) is 29.1 Å². The van der Waals surface area contributed by atoms with Crippen molar-refractivity contribution in [1.29, 1.82) is 0 Å². The third-order valence-corrected chi connectivity index (χ3v) is 10.2. The fourth-order valence-corrected chi connectivity index (χ4v) is 7.47. The number of pyridine rings is 3. The maximum Gasteiger partial charge on any atom is 2.00 e. The van der Waals surface area contributed by atoms with E-state index in [-0.39, 0.29) is 45.9 Å². The zero-order valence-corrected chi connectivity index (χ0v) is 29.2. The van der Waals surface area contributed by atoms with Gasteiger partial charge in [0.1, 0.15) is 10.0 Å². The van der Waals surface area contributed by atoms with Crippen LogP contribution < -0.4 is 5.11 Å². The Morgan fingerprint density at radius 1 is 0.653 bits per heavy atom. The van der Waals surface area contributed by atoms with E-state index in [2.05, 4.69) is 48.7 Å². The van der Waals surface area contributed by atoms with Crippen molar-refractivity contribution in [2.75, 3.05) is 0 Å². The Hall–Kier alpha value is -4.99. The smallest absolute Gasteiger partial charge is 0.858 e. The van der Waals surface area contributed by atoms with Gasteiger partial charge in [0.2, 0.25) is 0 Å². The second-order valence-corrected chi connectivity index (χ2v) is 13.9. The SMILES string of the molecule is O=C1[N-]S(=O)(=O)c2ccccc21.O=S1(=O)N=C([O-])c2ccccc21.[OH3+].[Ru+2].c1ccc(-c2cc(-c3cccs3)cc(-c3ccccn3)n2)nc1. The van der Waals surface area contributed by atoms with Crippen LogP contribution in [0.25, 0.3) is 37.9 Å². The first-order chi connectivity index (χ1) is 22.6. The van der Waals surface area contributed by atoms with Crippen LogP contribution in [0.4, 0.5) is 0 Å². The second-order valence-electron chi connectivity index (χ2n) is 9.77. The van der Waals surface area contributed by atoms with E-state index in [1.807, 2.05) is 36.4 Å². The zero-order chi connectivity index (χ0) is 33.0. The van der Waals surface area contributed by atoms with Crippen molar-refractivity contribution in [2.45, 2.75) is 9.79 Å². The molecule has 2 aliphatic rings. The topological polar surface area (TPSA) is 207 Å². The number of amides is 1. The predicted octanol–water partition coefficient (Wildman–Crippen LogP) is 4.41. The molecule has 6 aromatic rings. The van der Waals surface area contributed by atoms with Crippen LogP contribution in [0.1, 0.15) is 15.9 Å². The Kier molecular flexibility index (Phi) is 11.6. The van der Waals surface area contributed by atoms with Crippen molar-refractivity contribution < 1.29 is 51.7 Å². The largest absolute Gasteiger partial charge is 2.00 e. The molecule has 0 atom stereocenters. The molecule has 6 heterocycles. The number of nitrogens with zero attached hydrogens (tertiary/aromatic N) is 5. The minimum Gasteiger partial charge on any atom is -0.858 e. The van der Waals surface area contributed by atoms with Gasteiger partial charge in [-0.05, 0) is 65.5 Å². The quantitative estimate of drug-likeness (QED) is 0.183. The molecular formula is C33H24N5O7RuS3+. The van der Waals surface area contributed by atoms with E-state index in [4.69, 9.17) is 4.98 Å². The van der Waals surface area contributed by atoms with E-state index in [1.54, 1.807) is 48.0 Å². The molecule has 12 nitrogen and oxygen atoms in total. The number of carbonyl (C=O) groups is 1. The number of hydrogen-bond donors (Lipinski definition) is 0. The third kappa shape index (κ3) is 8.19. The zero-order valence-electron chi connectivity index (χ0n) is 25.0. The summed E-state index contributed by atoms with van der Waals surface area (Å²) in [5.41, 5.74) is 4.91. The molecule has 0 fully saturated rings. The van der Waals surface area contributed by atoms with Gasteiger partial charge in [-0.15, -0.1) is 11.3 Å². The van der Waals surface area contributed by atoms with Crippen molar-refractivity contribution in [3.8, 4) is 33.2 Å². The Morgan fingerprint density at radius 2 is 1.20 bits per heavy atom. The summed E-state index contributed by atoms with van der Waals surface area (Å²) in [6.07, 6.45) is 3.57. The van der Waals surface area contributed by atoms with Crippen LogP contribution in [0.2, 0.25) is 0 Å². The molecule has 0 saturated carbocycles. The summed E-state index contributed by atoms with van der Waals surface area (Å²) in [5, 5.41) is 13.0. The Balaban J connectivity index is 0.000000177. The summed E-state index contributed by atoms with van der Waals surface area (Å²) < 4.78 is 50.3. The molecule has 49 heavy (non-hydrogen) atoms. The molecule has 4 aromatic heterocycles. The molecule has 0 saturated heterocycles. The summed E-state index contributed by atoms with van der Waals surface area (Å²) >= 11 is 1.72. The first-order valence-electron chi connectivity index (χ1n) is 13.7. The Morgan fingerprint density at radius 3 is 1.71 bits per heavy atom. The fourth-order valence-electron chi connectivity index (χ4n) is 4.56. The summed E-state index contributed by atoms with van der Waals surface area (Å²) in [6, 6.07) is 32.0. The minimum absolute atomic E-state index is 0. The molecular weight excluding hydrogens is 776 g/mol. The molecule has 0 bridgehead atoms. The van der Waals surface area contributed by atoms with Gasteiger partial charge < -0.3 is 20.1 Å². The molecule has 248 valence electrons. The van der Waals surface area contributed by atoms with E-state index < -0.39 is 31.9 Å². The van der Waals surface area contributed by atoms with Crippen LogP contribution in [-0.2, 0) is 45.0 Å². The number of carbonyl (C=O) groups excluding carboxylic acids is 1. The summed E-state index contributed by atoms with van der Waals surface area (Å²) in [7, 11) is -7.36. The first-order valence-corrected chi connectivity index (χ1v) is 17.5. The predicted molar refractivity (Wildman–Crippen MR) is 180 cm³/mol. The van der Waals surface area contributed by atoms with Crippen LogP contribution in [-0.4, -0.2) is 43.6 Å². The number of hydrogen-bond acceptors (Lipinski definition) is 10. The Labute approximate surface area is 298 Å². The van der Waals surface area contributed by atoms with Crippen LogP contribution in [0.5, 0.6) is 0 Å². The van der Waals surface area contributed by atoms with Gasteiger partial charge in [0.05, 0.1) is 38.5 Å². The molecule has 2 aromatic carbocycles. The molecule has 0 spiro atoms. The van der Waals surface area contributed by atoms with E-state index in [9.17, 15) is 26.7 Å². The van der Waals surface area contributed by atoms with Gasteiger partial charge in [-0.25, -0.2) is 13.4 Å². The molecule has 0 unspecified atom stereocenters. The minimum atomic E-state index is -3.68. The number of aromatic nitrogens is 3. The van der Waals surface area contributed by atoms with Gasteiger partial charge in [-0.2, -0.15) is 12.8 Å². The van der Waals surface area contributed by atoms with Gasteiger partial charge >= 0.3 is 19.5 Å². The first kappa shape index (κ1) is 36.8.